The van der Waals surface area contributed by atoms with E-state index in [1.165, 1.54) is 11.3 Å². The molecule has 1 aliphatic heterocycles. The first-order chi connectivity index (χ1) is 13.8. The number of fused-ring (bicyclic) bond motifs is 2. The number of thiophene rings is 1. The van der Waals surface area contributed by atoms with Gasteiger partial charge in [0.1, 0.15) is 10.6 Å². The van der Waals surface area contributed by atoms with Crippen LogP contribution in [0.1, 0.15) is 5.56 Å². The largest absolute Gasteiger partial charge is 0.454 e. The van der Waals surface area contributed by atoms with Crippen LogP contribution in [0.5, 0.6) is 11.5 Å². The van der Waals surface area contributed by atoms with E-state index in [1.807, 2.05) is 36.4 Å². The van der Waals surface area contributed by atoms with Gasteiger partial charge in [0.2, 0.25) is 6.79 Å². The summed E-state index contributed by atoms with van der Waals surface area (Å²) in [5.41, 5.74) is 2.03. The molecule has 28 heavy (non-hydrogen) atoms. The molecule has 8 heteroatoms. The molecule has 1 aromatic carbocycles. The van der Waals surface area contributed by atoms with Crippen molar-refractivity contribution in [1.82, 2.24) is 15.0 Å². The lowest BCUT2D eigenvalue weighted by Gasteiger charge is -2.09. The van der Waals surface area contributed by atoms with Crippen LogP contribution in [0.25, 0.3) is 21.6 Å². The molecule has 0 fully saturated rings. The van der Waals surface area contributed by atoms with Crippen molar-refractivity contribution in [3.05, 3.63) is 58.7 Å². The highest BCUT2D eigenvalue weighted by Crippen LogP contribution is 2.34. The number of pyridine rings is 1. The maximum Gasteiger partial charge on any atom is 0.231 e. The summed E-state index contributed by atoms with van der Waals surface area (Å²) in [5.74, 6) is 2.99. The van der Waals surface area contributed by atoms with Crippen LogP contribution in [0.15, 0.2) is 48.8 Å². The van der Waals surface area contributed by atoms with Crippen LogP contribution in [0.3, 0.4) is 0 Å². The van der Waals surface area contributed by atoms with E-state index in [2.05, 4.69) is 15.3 Å². The normalized spacial score (nSPS) is 12.5. The molecule has 5 rings (SSSR count). The summed E-state index contributed by atoms with van der Waals surface area (Å²) in [6.07, 6.45) is 4.31. The zero-order valence-corrected chi connectivity index (χ0v) is 16.3. The van der Waals surface area contributed by atoms with Crippen LogP contribution in [0.2, 0.25) is 4.34 Å². The molecule has 0 unspecified atom stereocenters. The molecule has 4 heterocycles. The predicted molar refractivity (Wildman–Crippen MR) is 110 cm³/mol. The van der Waals surface area contributed by atoms with Gasteiger partial charge in [0.25, 0.3) is 0 Å². The van der Waals surface area contributed by atoms with Crippen LogP contribution in [0, 0.1) is 0 Å². The SMILES string of the molecule is Clc1cc2c(NCCc3ccc4c(c3)OCO4)nc(-c3cccnc3)nc2s1. The van der Waals surface area contributed by atoms with Crippen molar-refractivity contribution in [3.8, 4) is 22.9 Å². The first-order valence-corrected chi connectivity index (χ1v) is 9.95. The maximum absolute atomic E-state index is 6.22. The summed E-state index contributed by atoms with van der Waals surface area (Å²) < 4.78 is 11.5. The van der Waals surface area contributed by atoms with E-state index in [9.17, 15) is 0 Å². The third-order valence-corrected chi connectivity index (χ3v) is 5.58. The quantitative estimate of drug-likeness (QED) is 0.510. The lowest BCUT2D eigenvalue weighted by molar-refractivity contribution is 0.174. The third-order valence-electron chi connectivity index (χ3n) is 4.43. The molecule has 0 spiro atoms. The number of nitrogens with zero attached hydrogens (tertiary/aromatic N) is 3. The summed E-state index contributed by atoms with van der Waals surface area (Å²) in [6, 6.07) is 11.7. The van der Waals surface area contributed by atoms with Crippen molar-refractivity contribution in [1.29, 1.82) is 0 Å². The van der Waals surface area contributed by atoms with Crippen molar-refractivity contribution in [2.24, 2.45) is 0 Å². The number of hydrogen-bond donors (Lipinski definition) is 1. The molecule has 0 radical (unpaired) electrons. The maximum atomic E-state index is 6.22. The molecule has 0 aliphatic carbocycles. The van der Waals surface area contributed by atoms with Gasteiger partial charge in [-0.05, 0) is 42.3 Å². The van der Waals surface area contributed by atoms with Gasteiger partial charge in [-0.15, -0.1) is 11.3 Å². The first-order valence-electron chi connectivity index (χ1n) is 8.76. The highest BCUT2D eigenvalue weighted by Gasteiger charge is 2.14. The number of benzene rings is 1. The Kier molecular flexibility index (Phi) is 4.46. The van der Waals surface area contributed by atoms with Crippen LogP contribution in [-0.4, -0.2) is 28.3 Å². The van der Waals surface area contributed by atoms with E-state index < -0.39 is 0 Å². The van der Waals surface area contributed by atoms with Gasteiger partial charge in [-0.3, -0.25) is 4.98 Å². The van der Waals surface area contributed by atoms with E-state index in [1.54, 1.807) is 12.4 Å². The second kappa shape index (κ2) is 7.26. The highest BCUT2D eigenvalue weighted by atomic mass is 35.5. The standard InChI is InChI=1S/C20H15ClN4O2S/c21-17-9-14-19(23-7-5-12-3-4-15-16(8-12)27-11-26-15)24-18(25-20(14)28-17)13-2-1-6-22-10-13/h1-4,6,8-10H,5,7,11H2,(H,23,24,25). The Morgan fingerprint density at radius 3 is 2.93 bits per heavy atom. The predicted octanol–water partition coefficient (Wildman–Crippen LogP) is 4.79. The average molecular weight is 411 g/mol. The molecule has 0 saturated carbocycles. The fraction of sp³-hybridized carbons (Fsp3) is 0.150. The van der Waals surface area contributed by atoms with Gasteiger partial charge in [0.05, 0.1) is 9.72 Å². The Morgan fingerprint density at radius 2 is 2.04 bits per heavy atom. The van der Waals surface area contributed by atoms with Gasteiger partial charge < -0.3 is 14.8 Å². The van der Waals surface area contributed by atoms with Crippen molar-refractivity contribution in [2.45, 2.75) is 6.42 Å². The minimum Gasteiger partial charge on any atom is -0.454 e. The molecular formula is C20H15ClN4O2S. The monoisotopic (exact) mass is 410 g/mol. The minimum atomic E-state index is 0.284. The number of ether oxygens (including phenoxy) is 2. The van der Waals surface area contributed by atoms with Gasteiger partial charge in [0, 0.05) is 24.5 Å². The van der Waals surface area contributed by atoms with Gasteiger partial charge in [-0.25, -0.2) is 9.97 Å². The Labute approximate surface area is 170 Å². The molecular weight excluding hydrogens is 396 g/mol. The van der Waals surface area contributed by atoms with Crippen LogP contribution in [0.4, 0.5) is 5.82 Å². The van der Waals surface area contributed by atoms with Crippen molar-refractivity contribution in [3.63, 3.8) is 0 Å². The average Bonchev–Trinajstić information content (AvgIpc) is 3.33. The molecule has 0 atom stereocenters. The number of rotatable bonds is 5. The van der Waals surface area contributed by atoms with Gasteiger partial charge in [0.15, 0.2) is 17.3 Å². The Bertz CT molecular complexity index is 1150. The number of aromatic nitrogens is 3. The molecule has 0 amide bonds. The molecule has 0 saturated heterocycles. The number of anilines is 1. The van der Waals surface area contributed by atoms with Gasteiger partial charge >= 0.3 is 0 Å². The second-order valence-corrected chi connectivity index (χ2v) is 7.93. The van der Waals surface area contributed by atoms with Gasteiger partial charge in [-0.2, -0.15) is 0 Å². The van der Waals surface area contributed by atoms with Crippen molar-refractivity contribution >= 4 is 39.0 Å². The molecule has 140 valence electrons. The Balaban J connectivity index is 1.40. The topological polar surface area (TPSA) is 69.2 Å². The molecule has 1 N–H and O–H groups in total. The molecule has 1 aliphatic rings. The van der Waals surface area contributed by atoms with E-state index in [4.69, 9.17) is 26.1 Å². The summed E-state index contributed by atoms with van der Waals surface area (Å²) in [6.45, 7) is 0.998. The zero-order chi connectivity index (χ0) is 18.9. The minimum absolute atomic E-state index is 0.284. The zero-order valence-electron chi connectivity index (χ0n) is 14.7. The molecule has 6 nitrogen and oxygen atoms in total. The smallest absolute Gasteiger partial charge is 0.231 e. The summed E-state index contributed by atoms with van der Waals surface area (Å²) >= 11 is 7.66. The van der Waals surface area contributed by atoms with E-state index in [0.29, 0.717) is 16.7 Å². The van der Waals surface area contributed by atoms with Crippen LogP contribution < -0.4 is 14.8 Å². The van der Waals surface area contributed by atoms with Crippen molar-refractivity contribution in [2.75, 3.05) is 18.7 Å². The fourth-order valence-corrected chi connectivity index (χ4v) is 4.16. The van der Waals surface area contributed by atoms with E-state index in [0.717, 1.165) is 45.1 Å². The highest BCUT2D eigenvalue weighted by molar-refractivity contribution is 7.22. The van der Waals surface area contributed by atoms with E-state index >= 15 is 0 Å². The number of nitrogens with one attached hydrogen (secondary N) is 1. The molecule has 3 aromatic heterocycles. The number of halogens is 1. The Hall–Kier alpha value is -2.90. The third kappa shape index (κ3) is 3.34. The van der Waals surface area contributed by atoms with Crippen molar-refractivity contribution < 1.29 is 9.47 Å². The molecule has 0 bridgehead atoms. The Morgan fingerprint density at radius 1 is 1.11 bits per heavy atom. The van der Waals surface area contributed by atoms with E-state index in [-0.39, 0.29) is 6.79 Å². The number of hydrogen-bond acceptors (Lipinski definition) is 7. The summed E-state index contributed by atoms with van der Waals surface area (Å²) in [7, 11) is 0. The lowest BCUT2D eigenvalue weighted by Crippen LogP contribution is -2.07. The van der Waals surface area contributed by atoms with Crippen LogP contribution in [-0.2, 0) is 6.42 Å². The van der Waals surface area contributed by atoms with Crippen LogP contribution >= 0.6 is 22.9 Å². The molecule has 4 aromatic rings. The first kappa shape index (κ1) is 17.2. The lowest BCUT2D eigenvalue weighted by atomic mass is 10.1. The second-order valence-electron chi connectivity index (χ2n) is 6.27. The fourth-order valence-electron chi connectivity index (χ4n) is 3.07. The van der Waals surface area contributed by atoms with Gasteiger partial charge in [-0.1, -0.05) is 17.7 Å². The summed E-state index contributed by atoms with van der Waals surface area (Å²) in [4.78, 5) is 14.4. The summed E-state index contributed by atoms with van der Waals surface area (Å²) in [5, 5.41) is 4.36.